The lowest BCUT2D eigenvalue weighted by molar-refractivity contribution is 0.0743. The normalized spacial score (nSPS) is 20.5. The fraction of sp³-hybridized carbons (Fsp3) is 0.353. The lowest BCUT2D eigenvalue weighted by Crippen LogP contribution is -2.34. The lowest BCUT2D eigenvalue weighted by Gasteiger charge is -2.22. The van der Waals surface area contributed by atoms with Gasteiger partial charge in [-0.3, -0.25) is 9.78 Å². The molecule has 1 fully saturated rings. The number of rotatable bonds is 4. The number of likely N-dealkylation sites (tertiary alicyclic amines) is 1. The van der Waals surface area contributed by atoms with E-state index in [-0.39, 0.29) is 11.9 Å². The highest BCUT2D eigenvalue weighted by Crippen LogP contribution is 2.25. The molecule has 23 heavy (non-hydrogen) atoms. The number of aromatic nitrogens is 2. The van der Waals surface area contributed by atoms with Crippen LogP contribution in [0.2, 0.25) is 0 Å². The Hall–Kier alpha value is -2.47. The zero-order valence-electron chi connectivity index (χ0n) is 13.1. The van der Waals surface area contributed by atoms with E-state index in [0.717, 1.165) is 18.7 Å². The molecule has 2 atom stereocenters. The number of nitrogens with zero attached hydrogens (tertiary/aromatic N) is 3. The van der Waals surface area contributed by atoms with Gasteiger partial charge in [0.05, 0.1) is 6.20 Å². The van der Waals surface area contributed by atoms with Crippen LogP contribution in [0, 0.1) is 5.92 Å². The molecular weight excluding hydrogens is 290 g/mol. The molecule has 6 heteroatoms. The maximum atomic E-state index is 12.8. The number of anilines is 2. The second kappa shape index (κ2) is 6.75. The van der Waals surface area contributed by atoms with E-state index in [4.69, 9.17) is 5.73 Å². The van der Waals surface area contributed by atoms with Crippen molar-refractivity contribution in [2.75, 3.05) is 18.4 Å². The molecule has 2 unspecified atom stereocenters. The van der Waals surface area contributed by atoms with E-state index in [0.29, 0.717) is 23.8 Å². The van der Waals surface area contributed by atoms with Gasteiger partial charge in [-0.15, -0.1) is 0 Å². The zero-order chi connectivity index (χ0) is 16.2. The number of benzene rings is 1. The minimum absolute atomic E-state index is 0.0521. The Labute approximate surface area is 135 Å². The molecule has 0 aliphatic carbocycles. The molecule has 2 aromatic rings. The molecule has 6 nitrogen and oxygen atoms in total. The fourth-order valence-corrected chi connectivity index (χ4v) is 3.00. The molecule has 1 aliphatic rings. The van der Waals surface area contributed by atoms with E-state index < -0.39 is 0 Å². The van der Waals surface area contributed by atoms with Crippen LogP contribution in [0.15, 0.2) is 42.9 Å². The number of carbonyl (C=O) groups excluding carboxylic acids is 1. The van der Waals surface area contributed by atoms with Gasteiger partial charge in [-0.2, -0.15) is 0 Å². The van der Waals surface area contributed by atoms with Crippen LogP contribution in [0.3, 0.4) is 0 Å². The maximum Gasteiger partial charge on any atom is 0.254 e. The van der Waals surface area contributed by atoms with Gasteiger partial charge in [0.15, 0.2) is 0 Å². The molecule has 0 spiro atoms. The summed E-state index contributed by atoms with van der Waals surface area (Å²) >= 11 is 0. The first kappa shape index (κ1) is 15.4. The minimum Gasteiger partial charge on any atom is -0.339 e. The van der Waals surface area contributed by atoms with Crippen molar-refractivity contribution in [3.05, 3.63) is 48.4 Å². The van der Waals surface area contributed by atoms with Gasteiger partial charge >= 0.3 is 0 Å². The van der Waals surface area contributed by atoms with Gasteiger partial charge in [-0.1, -0.05) is 6.07 Å². The van der Waals surface area contributed by atoms with Crippen molar-refractivity contribution in [3.63, 3.8) is 0 Å². The number of nitrogens with one attached hydrogen (secondary N) is 1. The number of hydrogen-bond acceptors (Lipinski definition) is 5. The van der Waals surface area contributed by atoms with Crippen LogP contribution < -0.4 is 11.1 Å². The van der Waals surface area contributed by atoms with E-state index in [9.17, 15) is 4.79 Å². The third-order valence-electron chi connectivity index (χ3n) is 4.20. The molecule has 1 saturated heterocycles. The Bertz CT molecular complexity index is 676. The summed E-state index contributed by atoms with van der Waals surface area (Å²) in [6.45, 7) is 3.44. The predicted molar refractivity (Wildman–Crippen MR) is 89.4 cm³/mol. The van der Waals surface area contributed by atoms with Crippen molar-refractivity contribution in [1.29, 1.82) is 0 Å². The topological polar surface area (TPSA) is 84.1 Å². The van der Waals surface area contributed by atoms with Gasteiger partial charge in [0.2, 0.25) is 0 Å². The minimum atomic E-state index is 0.0521. The lowest BCUT2D eigenvalue weighted by atomic mass is 10.1. The average molecular weight is 311 g/mol. The Morgan fingerprint density at radius 2 is 2.30 bits per heavy atom. The Morgan fingerprint density at radius 3 is 3.00 bits per heavy atom. The summed E-state index contributed by atoms with van der Waals surface area (Å²) in [6.07, 6.45) is 5.85. The Balaban J connectivity index is 1.76. The molecule has 1 aliphatic heterocycles. The van der Waals surface area contributed by atoms with E-state index >= 15 is 0 Å². The number of amides is 1. The molecule has 0 bridgehead atoms. The van der Waals surface area contributed by atoms with Gasteiger partial charge in [0.1, 0.15) is 5.82 Å². The second-order valence-corrected chi connectivity index (χ2v) is 5.94. The van der Waals surface area contributed by atoms with Crippen LogP contribution in [-0.4, -0.2) is 39.9 Å². The first-order chi connectivity index (χ1) is 11.2. The summed E-state index contributed by atoms with van der Waals surface area (Å²) in [4.78, 5) is 22.9. The van der Waals surface area contributed by atoms with Crippen molar-refractivity contribution in [2.45, 2.75) is 19.4 Å². The van der Waals surface area contributed by atoms with Gasteiger partial charge in [-0.25, -0.2) is 4.98 Å². The monoisotopic (exact) mass is 311 g/mol. The van der Waals surface area contributed by atoms with Gasteiger partial charge in [0.25, 0.3) is 5.91 Å². The molecule has 1 aromatic heterocycles. The standard InChI is InChI=1S/C17H21N5O/c1-12-7-13(9-18)11-22(12)17(23)14-3-2-4-15(8-14)21-16-10-19-5-6-20-16/h2-6,8,10,12-13H,7,9,11,18H2,1H3,(H,20,21). The van der Waals surface area contributed by atoms with E-state index in [2.05, 4.69) is 22.2 Å². The first-order valence-electron chi connectivity index (χ1n) is 7.81. The summed E-state index contributed by atoms with van der Waals surface area (Å²) in [5.41, 5.74) is 7.23. The smallest absolute Gasteiger partial charge is 0.254 e. The largest absolute Gasteiger partial charge is 0.339 e. The number of hydrogen-bond donors (Lipinski definition) is 2. The van der Waals surface area contributed by atoms with Crippen molar-refractivity contribution in [3.8, 4) is 0 Å². The summed E-state index contributed by atoms with van der Waals surface area (Å²) in [5, 5.41) is 3.16. The number of nitrogens with two attached hydrogens (primary N) is 1. The van der Waals surface area contributed by atoms with E-state index in [1.165, 1.54) is 0 Å². The van der Waals surface area contributed by atoms with Gasteiger partial charge in [-0.05, 0) is 44.0 Å². The van der Waals surface area contributed by atoms with E-state index in [1.807, 2.05) is 29.2 Å². The molecular formula is C17H21N5O. The highest BCUT2D eigenvalue weighted by atomic mass is 16.2. The summed E-state index contributed by atoms with van der Waals surface area (Å²) in [7, 11) is 0. The Kier molecular flexibility index (Phi) is 4.52. The fourth-order valence-electron chi connectivity index (χ4n) is 3.00. The van der Waals surface area contributed by atoms with Gasteiger partial charge in [0, 0.05) is 36.2 Å². The third-order valence-corrected chi connectivity index (χ3v) is 4.20. The molecule has 120 valence electrons. The van der Waals surface area contributed by atoms with Crippen LogP contribution in [0.25, 0.3) is 0 Å². The SMILES string of the molecule is CC1CC(CN)CN1C(=O)c1cccc(Nc2cnccn2)c1. The summed E-state index contributed by atoms with van der Waals surface area (Å²) < 4.78 is 0. The molecule has 1 amide bonds. The molecule has 0 saturated carbocycles. The quantitative estimate of drug-likeness (QED) is 0.902. The molecule has 2 heterocycles. The summed E-state index contributed by atoms with van der Waals surface area (Å²) in [5.74, 6) is 1.10. The molecule has 3 rings (SSSR count). The molecule has 0 radical (unpaired) electrons. The summed E-state index contributed by atoms with van der Waals surface area (Å²) in [6, 6.07) is 7.69. The first-order valence-corrected chi connectivity index (χ1v) is 7.81. The van der Waals surface area contributed by atoms with Crippen LogP contribution in [0.4, 0.5) is 11.5 Å². The van der Waals surface area contributed by atoms with Crippen molar-refractivity contribution in [1.82, 2.24) is 14.9 Å². The molecule has 1 aromatic carbocycles. The van der Waals surface area contributed by atoms with Crippen LogP contribution in [0.1, 0.15) is 23.7 Å². The van der Waals surface area contributed by atoms with Crippen molar-refractivity contribution >= 4 is 17.4 Å². The van der Waals surface area contributed by atoms with Crippen LogP contribution in [0.5, 0.6) is 0 Å². The zero-order valence-corrected chi connectivity index (χ0v) is 13.1. The van der Waals surface area contributed by atoms with Gasteiger partial charge < -0.3 is 16.0 Å². The highest BCUT2D eigenvalue weighted by molar-refractivity contribution is 5.95. The predicted octanol–water partition coefficient (Wildman–Crippen LogP) is 2.03. The molecule has 3 N–H and O–H groups in total. The maximum absolute atomic E-state index is 12.8. The number of carbonyl (C=O) groups is 1. The van der Waals surface area contributed by atoms with Crippen LogP contribution >= 0.6 is 0 Å². The second-order valence-electron chi connectivity index (χ2n) is 5.94. The van der Waals surface area contributed by atoms with E-state index in [1.54, 1.807) is 18.6 Å². The Morgan fingerprint density at radius 1 is 1.43 bits per heavy atom. The highest BCUT2D eigenvalue weighted by Gasteiger charge is 2.32. The average Bonchev–Trinajstić information content (AvgIpc) is 2.96. The van der Waals surface area contributed by atoms with Crippen molar-refractivity contribution < 1.29 is 4.79 Å². The van der Waals surface area contributed by atoms with Crippen molar-refractivity contribution in [2.24, 2.45) is 11.7 Å². The third kappa shape index (κ3) is 3.48. The van der Waals surface area contributed by atoms with Crippen LogP contribution in [-0.2, 0) is 0 Å².